The van der Waals surface area contributed by atoms with Gasteiger partial charge in [0.25, 0.3) is 5.91 Å². The Labute approximate surface area is 137 Å². The third-order valence-electron chi connectivity index (χ3n) is 5.16. The molecule has 1 atom stereocenters. The van der Waals surface area contributed by atoms with Crippen LogP contribution < -0.4 is 0 Å². The van der Waals surface area contributed by atoms with Crippen LogP contribution in [0.3, 0.4) is 0 Å². The molecule has 23 heavy (non-hydrogen) atoms. The Morgan fingerprint density at radius 3 is 2.87 bits per heavy atom. The van der Waals surface area contributed by atoms with E-state index < -0.39 is 0 Å². The van der Waals surface area contributed by atoms with Crippen LogP contribution in [0.5, 0.6) is 0 Å². The first-order valence-corrected chi connectivity index (χ1v) is 8.69. The van der Waals surface area contributed by atoms with E-state index in [2.05, 4.69) is 14.8 Å². The molecule has 4 rings (SSSR count). The normalized spacial score (nSPS) is 22.1. The predicted molar refractivity (Wildman–Crippen MR) is 91.5 cm³/mol. The SMILES string of the molecule is O=C(c1ccc2cccnc2c1)N1CCCC1CN1CCCC1. The number of likely N-dealkylation sites (tertiary alicyclic amines) is 2. The maximum absolute atomic E-state index is 13.0. The van der Waals surface area contributed by atoms with Gasteiger partial charge in [-0.15, -0.1) is 0 Å². The molecule has 0 saturated carbocycles. The highest BCUT2D eigenvalue weighted by Gasteiger charge is 2.31. The molecule has 0 spiro atoms. The van der Waals surface area contributed by atoms with Gasteiger partial charge in [-0.1, -0.05) is 12.1 Å². The quantitative estimate of drug-likeness (QED) is 0.874. The van der Waals surface area contributed by atoms with E-state index in [1.165, 1.54) is 25.9 Å². The standard InChI is InChI=1S/C19H23N3O/c23-19(16-8-7-15-5-3-9-20-18(15)13-16)22-12-4-6-17(22)14-21-10-1-2-11-21/h3,5,7-9,13,17H,1-2,4,6,10-12,14H2. The number of amides is 1. The fourth-order valence-corrected chi connectivity index (χ4v) is 3.92. The minimum Gasteiger partial charge on any atom is -0.334 e. The van der Waals surface area contributed by atoms with E-state index in [4.69, 9.17) is 0 Å². The monoisotopic (exact) mass is 309 g/mol. The zero-order valence-electron chi connectivity index (χ0n) is 13.4. The number of nitrogens with zero attached hydrogens (tertiary/aromatic N) is 3. The van der Waals surface area contributed by atoms with Gasteiger partial charge in [0.2, 0.25) is 0 Å². The van der Waals surface area contributed by atoms with Crippen molar-refractivity contribution in [1.82, 2.24) is 14.8 Å². The van der Waals surface area contributed by atoms with Crippen molar-refractivity contribution < 1.29 is 4.79 Å². The topological polar surface area (TPSA) is 36.4 Å². The largest absolute Gasteiger partial charge is 0.334 e. The van der Waals surface area contributed by atoms with E-state index in [0.29, 0.717) is 6.04 Å². The first-order chi connectivity index (χ1) is 11.3. The molecule has 4 nitrogen and oxygen atoms in total. The summed E-state index contributed by atoms with van der Waals surface area (Å²) in [7, 11) is 0. The molecule has 3 heterocycles. The number of hydrogen-bond donors (Lipinski definition) is 0. The Hall–Kier alpha value is -1.94. The third kappa shape index (κ3) is 2.95. The van der Waals surface area contributed by atoms with Gasteiger partial charge >= 0.3 is 0 Å². The number of hydrogen-bond acceptors (Lipinski definition) is 3. The van der Waals surface area contributed by atoms with Gasteiger partial charge in [-0.25, -0.2) is 0 Å². The van der Waals surface area contributed by atoms with Crippen molar-refractivity contribution in [3.8, 4) is 0 Å². The number of carbonyl (C=O) groups is 1. The van der Waals surface area contributed by atoms with E-state index in [1.807, 2.05) is 30.3 Å². The lowest BCUT2D eigenvalue weighted by Gasteiger charge is -2.28. The summed E-state index contributed by atoms with van der Waals surface area (Å²) in [6.45, 7) is 4.31. The van der Waals surface area contributed by atoms with E-state index in [1.54, 1.807) is 6.20 Å². The molecule has 0 bridgehead atoms. The van der Waals surface area contributed by atoms with Gasteiger partial charge in [-0.3, -0.25) is 9.78 Å². The zero-order chi connectivity index (χ0) is 15.6. The number of benzene rings is 1. The minimum absolute atomic E-state index is 0.166. The maximum atomic E-state index is 13.0. The summed E-state index contributed by atoms with van der Waals surface area (Å²) in [5.41, 5.74) is 1.66. The second-order valence-corrected chi connectivity index (χ2v) is 6.71. The van der Waals surface area contributed by atoms with Crippen LogP contribution in [0.2, 0.25) is 0 Å². The molecule has 2 aliphatic heterocycles. The van der Waals surface area contributed by atoms with Gasteiger partial charge in [-0.2, -0.15) is 0 Å². The van der Waals surface area contributed by atoms with Crippen LogP contribution in [-0.4, -0.2) is 52.9 Å². The summed E-state index contributed by atoms with van der Waals surface area (Å²) in [5, 5.41) is 1.08. The lowest BCUT2D eigenvalue weighted by molar-refractivity contribution is 0.0709. The molecule has 1 unspecified atom stereocenters. The van der Waals surface area contributed by atoms with E-state index in [9.17, 15) is 4.79 Å². The molecule has 2 fully saturated rings. The summed E-state index contributed by atoms with van der Waals surface area (Å²) in [6, 6.07) is 10.2. The van der Waals surface area contributed by atoms with E-state index >= 15 is 0 Å². The highest BCUT2D eigenvalue weighted by molar-refractivity contribution is 5.98. The summed E-state index contributed by atoms with van der Waals surface area (Å²) in [5.74, 6) is 0.166. The zero-order valence-corrected chi connectivity index (χ0v) is 13.4. The molecule has 2 aliphatic rings. The first kappa shape index (κ1) is 14.6. The van der Waals surface area contributed by atoms with Crippen molar-refractivity contribution in [1.29, 1.82) is 0 Å². The van der Waals surface area contributed by atoms with Crippen molar-refractivity contribution in [3.05, 3.63) is 42.1 Å². The lowest BCUT2D eigenvalue weighted by Crippen LogP contribution is -2.42. The van der Waals surface area contributed by atoms with Crippen LogP contribution in [0.25, 0.3) is 10.9 Å². The Morgan fingerprint density at radius 1 is 1.13 bits per heavy atom. The highest BCUT2D eigenvalue weighted by atomic mass is 16.2. The molecule has 120 valence electrons. The molecule has 0 aliphatic carbocycles. The first-order valence-electron chi connectivity index (χ1n) is 8.69. The highest BCUT2D eigenvalue weighted by Crippen LogP contribution is 2.23. The van der Waals surface area contributed by atoms with Gasteiger partial charge in [0.15, 0.2) is 0 Å². The lowest BCUT2D eigenvalue weighted by atomic mass is 10.1. The number of pyridine rings is 1. The predicted octanol–water partition coefficient (Wildman–Crippen LogP) is 2.94. The van der Waals surface area contributed by atoms with Crippen molar-refractivity contribution in [2.24, 2.45) is 0 Å². The molecule has 4 heteroatoms. The smallest absolute Gasteiger partial charge is 0.254 e. The molecule has 2 aromatic rings. The van der Waals surface area contributed by atoms with Gasteiger partial charge in [-0.05, 0) is 57.0 Å². The van der Waals surface area contributed by atoms with Gasteiger partial charge < -0.3 is 9.80 Å². The second-order valence-electron chi connectivity index (χ2n) is 6.71. The van der Waals surface area contributed by atoms with Crippen molar-refractivity contribution in [2.75, 3.05) is 26.2 Å². The Morgan fingerprint density at radius 2 is 2.00 bits per heavy atom. The fraction of sp³-hybridized carbons (Fsp3) is 0.474. The van der Waals surface area contributed by atoms with Crippen LogP contribution in [0.15, 0.2) is 36.5 Å². The van der Waals surface area contributed by atoms with Crippen molar-refractivity contribution in [2.45, 2.75) is 31.7 Å². The Kier molecular flexibility index (Phi) is 4.00. The summed E-state index contributed by atoms with van der Waals surface area (Å²) in [6.07, 6.45) is 6.64. The number of rotatable bonds is 3. The van der Waals surface area contributed by atoms with Gasteiger partial charge in [0.05, 0.1) is 5.52 Å². The van der Waals surface area contributed by atoms with Gasteiger partial charge in [0.1, 0.15) is 0 Å². The van der Waals surface area contributed by atoms with Crippen LogP contribution in [0.4, 0.5) is 0 Å². The Balaban J connectivity index is 1.53. The second kappa shape index (κ2) is 6.28. The van der Waals surface area contributed by atoms with Gasteiger partial charge in [0, 0.05) is 36.3 Å². The maximum Gasteiger partial charge on any atom is 0.254 e. The van der Waals surface area contributed by atoms with E-state index in [0.717, 1.165) is 42.4 Å². The number of carbonyl (C=O) groups excluding carboxylic acids is 1. The molecule has 1 amide bonds. The number of aromatic nitrogens is 1. The molecule has 1 aromatic carbocycles. The summed E-state index contributed by atoms with van der Waals surface area (Å²) in [4.78, 5) is 21.9. The third-order valence-corrected chi connectivity index (χ3v) is 5.16. The van der Waals surface area contributed by atoms with E-state index in [-0.39, 0.29) is 5.91 Å². The number of fused-ring (bicyclic) bond motifs is 1. The Bertz CT molecular complexity index is 709. The molecule has 2 saturated heterocycles. The molecule has 0 radical (unpaired) electrons. The minimum atomic E-state index is 0.166. The average molecular weight is 309 g/mol. The summed E-state index contributed by atoms with van der Waals surface area (Å²) < 4.78 is 0. The van der Waals surface area contributed by atoms with Crippen LogP contribution in [-0.2, 0) is 0 Å². The van der Waals surface area contributed by atoms with Crippen LogP contribution >= 0.6 is 0 Å². The fourth-order valence-electron chi connectivity index (χ4n) is 3.92. The summed E-state index contributed by atoms with van der Waals surface area (Å²) >= 11 is 0. The van der Waals surface area contributed by atoms with Crippen LogP contribution in [0, 0.1) is 0 Å². The molecule has 0 N–H and O–H groups in total. The molecule has 1 aromatic heterocycles. The molecular formula is C19H23N3O. The molecular weight excluding hydrogens is 286 g/mol. The average Bonchev–Trinajstić information content (AvgIpc) is 3.26. The van der Waals surface area contributed by atoms with Crippen LogP contribution in [0.1, 0.15) is 36.0 Å². The van der Waals surface area contributed by atoms with Crippen molar-refractivity contribution >= 4 is 16.8 Å². The van der Waals surface area contributed by atoms with Crippen molar-refractivity contribution in [3.63, 3.8) is 0 Å².